The van der Waals surface area contributed by atoms with Gasteiger partial charge in [-0.2, -0.15) is 0 Å². The number of rotatable bonds is 2. The summed E-state index contributed by atoms with van der Waals surface area (Å²) in [5.74, 6) is 0.0396. The molecule has 3 rings (SSSR count). The summed E-state index contributed by atoms with van der Waals surface area (Å²) < 4.78 is 0. The van der Waals surface area contributed by atoms with E-state index < -0.39 is 5.41 Å². The molecule has 0 radical (unpaired) electrons. The lowest BCUT2D eigenvalue weighted by molar-refractivity contribution is 0.0860. The number of nitrogens with zero attached hydrogens (tertiary/aromatic N) is 2. The second kappa shape index (κ2) is 4.94. The van der Waals surface area contributed by atoms with E-state index in [0.29, 0.717) is 28.1 Å². The van der Waals surface area contributed by atoms with Crippen molar-refractivity contribution in [1.82, 2.24) is 15.0 Å². The van der Waals surface area contributed by atoms with Gasteiger partial charge in [0.1, 0.15) is 5.52 Å². The Morgan fingerprint density at radius 3 is 2.73 bits per heavy atom. The van der Waals surface area contributed by atoms with Crippen molar-refractivity contribution in [2.24, 2.45) is 5.41 Å². The molecule has 5 nitrogen and oxygen atoms in total. The molecule has 0 bridgehead atoms. The fraction of sp³-hybridized carbons (Fsp3) is 0.235. The number of hydrogen-bond acceptors (Lipinski definition) is 4. The van der Waals surface area contributed by atoms with Crippen LogP contribution in [0.1, 0.15) is 31.1 Å². The molecule has 0 spiro atoms. The van der Waals surface area contributed by atoms with Gasteiger partial charge in [0.15, 0.2) is 11.4 Å². The van der Waals surface area contributed by atoms with Crippen molar-refractivity contribution >= 4 is 22.6 Å². The van der Waals surface area contributed by atoms with Gasteiger partial charge in [0, 0.05) is 22.9 Å². The Morgan fingerprint density at radius 2 is 2.05 bits per heavy atom. The number of ketones is 1. The Kier molecular flexibility index (Phi) is 3.20. The van der Waals surface area contributed by atoms with E-state index in [1.807, 2.05) is 45.0 Å². The number of H-pyrrole nitrogens is 1. The molecule has 0 amide bonds. The first-order valence-electron chi connectivity index (χ1n) is 7.11. The van der Waals surface area contributed by atoms with Gasteiger partial charge in [-0.25, -0.2) is 9.97 Å². The van der Waals surface area contributed by atoms with E-state index in [-0.39, 0.29) is 5.78 Å². The van der Waals surface area contributed by atoms with Gasteiger partial charge in [0.25, 0.3) is 0 Å². The van der Waals surface area contributed by atoms with Gasteiger partial charge in [-0.1, -0.05) is 32.9 Å². The van der Waals surface area contributed by atoms with Gasteiger partial charge >= 0.3 is 0 Å². The first-order valence-corrected chi connectivity index (χ1v) is 7.11. The minimum absolute atomic E-state index is 0.0396. The van der Waals surface area contributed by atoms with Crippen molar-refractivity contribution in [1.29, 1.82) is 0 Å². The standard InChI is InChI=1S/C17H18N4O/c1-17(2,3)15(22)12-8-19-16-14(12)21-13(9-20-16)10-5-4-6-11(18)7-10/h4-9H,18H2,1-3H3,(H,19,20). The highest BCUT2D eigenvalue weighted by Crippen LogP contribution is 2.27. The second-order valence-electron chi connectivity index (χ2n) is 6.36. The highest BCUT2D eigenvalue weighted by molar-refractivity contribution is 6.08. The smallest absolute Gasteiger partial charge is 0.171 e. The average molecular weight is 294 g/mol. The molecule has 0 fully saturated rings. The predicted octanol–water partition coefficient (Wildman–Crippen LogP) is 3.44. The van der Waals surface area contributed by atoms with E-state index >= 15 is 0 Å². The van der Waals surface area contributed by atoms with Crippen LogP contribution < -0.4 is 5.73 Å². The van der Waals surface area contributed by atoms with Gasteiger partial charge in [-0.05, 0) is 12.1 Å². The van der Waals surface area contributed by atoms with Gasteiger partial charge in [-0.15, -0.1) is 0 Å². The fourth-order valence-electron chi connectivity index (χ4n) is 2.31. The predicted molar refractivity (Wildman–Crippen MR) is 87.5 cm³/mol. The highest BCUT2D eigenvalue weighted by Gasteiger charge is 2.26. The molecule has 3 aromatic rings. The van der Waals surface area contributed by atoms with E-state index in [4.69, 9.17) is 5.73 Å². The van der Waals surface area contributed by atoms with E-state index in [1.54, 1.807) is 12.4 Å². The maximum atomic E-state index is 12.5. The highest BCUT2D eigenvalue weighted by atomic mass is 16.1. The van der Waals surface area contributed by atoms with Crippen molar-refractivity contribution in [3.05, 3.63) is 42.2 Å². The Labute approximate surface area is 128 Å². The summed E-state index contributed by atoms with van der Waals surface area (Å²) in [6.07, 6.45) is 3.36. The minimum Gasteiger partial charge on any atom is -0.399 e. The second-order valence-corrected chi connectivity index (χ2v) is 6.36. The number of nitrogens with one attached hydrogen (secondary N) is 1. The van der Waals surface area contributed by atoms with Crippen molar-refractivity contribution < 1.29 is 4.79 Å². The first kappa shape index (κ1) is 14.3. The molecule has 3 N–H and O–H groups in total. The maximum Gasteiger partial charge on any atom is 0.171 e. The summed E-state index contributed by atoms with van der Waals surface area (Å²) in [5.41, 5.74) is 9.37. The summed E-state index contributed by atoms with van der Waals surface area (Å²) in [4.78, 5) is 24.5. The number of nitrogens with two attached hydrogens (primary N) is 1. The van der Waals surface area contributed by atoms with E-state index in [2.05, 4.69) is 15.0 Å². The Bertz CT molecular complexity index is 858. The summed E-state index contributed by atoms with van der Waals surface area (Å²) >= 11 is 0. The lowest BCUT2D eigenvalue weighted by Crippen LogP contribution is -2.20. The average Bonchev–Trinajstić information content (AvgIpc) is 2.88. The van der Waals surface area contributed by atoms with Crippen LogP contribution in [0.4, 0.5) is 5.69 Å². The monoisotopic (exact) mass is 294 g/mol. The Balaban J connectivity index is 2.15. The number of aromatic amines is 1. The molecule has 0 atom stereocenters. The summed E-state index contributed by atoms with van der Waals surface area (Å²) in [6, 6.07) is 7.45. The number of carbonyl (C=O) groups excluding carboxylic acids is 1. The number of anilines is 1. The van der Waals surface area contributed by atoms with Crippen LogP contribution in [0, 0.1) is 5.41 Å². The number of Topliss-reactive ketones (excluding diaryl/α,β-unsaturated/α-hetero) is 1. The Morgan fingerprint density at radius 1 is 1.27 bits per heavy atom. The maximum absolute atomic E-state index is 12.5. The van der Waals surface area contributed by atoms with E-state index in [0.717, 1.165) is 5.56 Å². The molecule has 112 valence electrons. The number of fused-ring (bicyclic) bond motifs is 1. The van der Waals surface area contributed by atoms with Gasteiger partial charge in [-0.3, -0.25) is 4.79 Å². The molecule has 5 heteroatoms. The van der Waals surface area contributed by atoms with E-state index in [1.165, 1.54) is 0 Å². The van der Waals surface area contributed by atoms with Crippen molar-refractivity contribution in [3.8, 4) is 11.3 Å². The molecular weight excluding hydrogens is 276 g/mol. The quantitative estimate of drug-likeness (QED) is 0.560. The topological polar surface area (TPSA) is 84.7 Å². The zero-order valence-corrected chi connectivity index (χ0v) is 12.8. The number of carbonyl (C=O) groups is 1. The first-order chi connectivity index (χ1) is 10.4. The molecule has 0 unspecified atom stereocenters. The number of aromatic nitrogens is 3. The molecule has 0 saturated heterocycles. The summed E-state index contributed by atoms with van der Waals surface area (Å²) in [6.45, 7) is 5.68. The van der Waals surface area contributed by atoms with E-state index in [9.17, 15) is 4.79 Å². The summed E-state index contributed by atoms with van der Waals surface area (Å²) in [7, 11) is 0. The minimum atomic E-state index is -0.468. The third-order valence-corrected chi connectivity index (χ3v) is 3.49. The lowest BCUT2D eigenvalue weighted by atomic mass is 9.87. The molecule has 1 aromatic carbocycles. The third-order valence-electron chi connectivity index (χ3n) is 3.49. The van der Waals surface area contributed by atoms with Crippen LogP contribution in [0.2, 0.25) is 0 Å². The zero-order valence-electron chi connectivity index (χ0n) is 12.8. The van der Waals surface area contributed by atoms with Crippen LogP contribution in [-0.4, -0.2) is 20.7 Å². The molecule has 2 aromatic heterocycles. The van der Waals surface area contributed by atoms with Gasteiger partial charge in [0.2, 0.25) is 0 Å². The van der Waals surface area contributed by atoms with Gasteiger partial charge in [0.05, 0.1) is 17.5 Å². The largest absolute Gasteiger partial charge is 0.399 e. The van der Waals surface area contributed by atoms with Crippen LogP contribution >= 0.6 is 0 Å². The number of benzene rings is 1. The fourth-order valence-corrected chi connectivity index (χ4v) is 2.31. The van der Waals surface area contributed by atoms with Crippen LogP contribution in [0.3, 0.4) is 0 Å². The normalized spacial score (nSPS) is 11.8. The lowest BCUT2D eigenvalue weighted by Gasteiger charge is -2.15. The Hall–Kier alpha value is -2.69. The van der Waals surface area contributed by atoms with Crippen molar-refractivity contribution in [2.45, 2.75) is 20.8 Å². The van der Waals surface area contributed by atoms with Crippen LogP contribution in [0.25, 0.3) is 22.4 Å². The van der Waals surface area contributed by atoms with Crippen LogP contribution in [0.5, 0.6) is 0 Å². The SMILES string of the molecule is CC(C)(C)C(=O)c1c[nH]c2ncc(-c3cccc(N)c3)nc12. The van der Waals surface area contributed by atoms with Crippen LogP contribution in [-0.2, 0) is 0 Å². The van der Waals surface area contributed by atoms with Crippen molar-refractivity contribution in [3.63, 3.8) is 0 Å². The third kappa shape index (κ3) is 2.45. The molecule has 22 heavy (non-hydrogen) atoms. The number of hydrogen-bond donors (Lipinski definition) is 2. The molecule has 0 aliphatic heterocycles. The zero-order chi connectivity index (χ0) is 15.9. The molecule has 2 heterocycles. The molecular formula is C17H18N4O. The molecule has 0 saturated carbocycles. The summed E-state index contributed by atoms with van der Waals surface area (Å²) in [5, 5.41) is 0. The molecule has 0 aliphatic rings. The molecule has 0 aliphatic carbocycles. The van der Waals surface area contributed by atoms with Crippen molar-refractivity contribution in [2.75, 3.05) is 5.73 Å². The number of nitrogen functional groups attached to an aromatic ring is 1. The van der Waals surface area contributed by atoms with Crippen LogP contribution in [0.15, 0.2) is 36.7 Å². The van der Waals surface area contributed by atoms with Gasteiger partial charge < -0.3 is 10.7 Å².